The predicted molar refractivity (Wildman–Crippen MR) is 60.1 cm³/mol. The molecular weight excluding hydrogens is 186 g/mol. The Kier molecular flexibility index (Phi) is 2.31. The minimum atomic E-state index is 0.114. The van der Waals surface area contributed by atoms with Crippen molar-refractivity contribution in [2.24, 2.45) is 0 Å². The van der Waals surface area contributed by atoms with Gasteiger partial charge in [0.25, 0.3) is 0 Å². The molecule has 1 aromatic carbocycles. The average molecular weight is 201 g/mol. The summed E-state index contributed by atoms with van der Waals surface area (Å²) in [5.41, 5.74) is 2.49. The van der Waals surface area contributed by atoms with Gasteiger partial charge >= 0.3 is 0 Å². The lowest BCUT2D eigenvalue weighted by Crippen LogP contribution is -2.15. The van der Waals surface area contributed by atoms with E-state index in [1.807, 2.05) is 6.07 Å². The van der Waals surface area contributed by atoms with Gasteiger partial charge in [-0.25, -0.2) is 9.67 Å². The molecule has 0 radical (unpaired) electrons. The molecule has 1 heterocycles. The highest BCUT2D eigenvalue weighted by Gasteiger charge is 2.18. The Labute approximate surface area is 89.8 Å². The third-order valence-electron chi connectivity index (χ3n) is 2.38. The smallest absolute Gasteiger partial charge is 0.138 e. The Balaban J connectivity index is 2.58. The fourth-order valence-corrected chi connectivity index (χ4v) is 1.64. The van der Waals surface area contributed by atoms with Crippen molar-refractivity contribution in [1.82, 2.24) is 14.8 Å². The van der Waals surface area contributed by atoms with E-state index in [1.165, 1.54) is 5.56 Å². The maximum absolute atomic E-state index is 4.17. The summed E-state index contributed by atoms with van der Waals surface area (Å²) in [5.74, 6) is 0. The summed E-state index contributed by atoms with van der Waals surface area (Å²) >= 11 is 0. The van der Waals surface area contributed by atoms with Gasteiger partial charge in [0.2, 0.25) is 0 Å². The third kappa shape index (κ3) is 1.91. The fourth-order valence-electron chi connectivity index (χ4n) is 1.64. The Morgan fingerprint density at radius 2 is 1.87 bits per heavy atom. The van der Waals surface area contributed by atoms with E-state index in [0.717, 1.165) is 5.69 Å². The van der Waals surface area contributed by atoms with Gasteiger partial charge in [-0.15, -0.1) is 0 Å². The third-order valence-corrected chi connectivity index (χ3v) is 2.38. The van der Waals surface area contributed by atoms with Crippen molar-refractivity contribution in [3.05, 3.63) is 42.5 Å². The molecule has 1 aromatic heterocycles. The van der Waals surface area contributed by atoms with Crippen molar-refractivity contribution in [3.8, 4) is 5.69 Å². The molecule has 0 fully saturated rings. The molecule has 2 rings (SSSR count). The van der Waals surface area contributed by atoms with E-state index in [4.69, 9.17) is 0 Å². The van der Waals surface area contributed by atoms with Gasteiger partial charge in [-0.2, -0.15) is 5.10 Å². The largest absolute Gasteiger partial charge is 0.223 e. The number of para-hydroxylation sites is 1. The SMILES string of the molecule is CC(C)(C)c1ccccc1-n1cncn1. The molecule has 0 bridgehead atoms. The number of hydrogen-bond acceptors (Lipinski definition) is 2. The van der Waals surface area contributed by atoms with Crippen LogP contribution in [-0.2, 0) is 5.41 Å². The van der Waals surface area contributed by atoms with Gasteiger partial charge in [0, 0.05) is 0 Å². The highest BCUT2D eigenvalue weighted by atomic mass is 15.3. The van der Waals surface area contributed by atoms with E-state index in [0.29, 0.717) is 0 Å². The Hall–Kier alpha value is -1.64. The van der Waals surface area contributed by atoms with Crippen LogP contribution >= 0.6 is 0 Å². The summed E-state index contributed by atoms with van der Waals surface area (Å²) in [7, 11) is 0. The van der Waals surface area contributed by atoms with Crippen molar-refractivity contribution < 1.29 is 0 Å². The standard InChI is InChI=1S/C12H15N3/c1-12(2,3)10-6-4-5-7-11(10)15-9-13-8-14-15/h4-9H,1-3H3. The van der Waals surface area contributed by atoms with Gasteiger partial charge < -0.3 is 0 Å². The quantitative estimate of drug-likeness (QED) is 0.710. The molecule has 0 saturated heterocycles. The molecule has 15 heavy (non-hydrogen) atoms. The van der Waals surface area contributed by atoms with E-state index in [2.05, 4.69) is 49.1 Å². The van der Waals surface area contributed by atoms with Crippen molar-refractivity contribution in [2.45, 2.75) is 26.2 Å². The number of aromatic nitrogens is 3. The lowest BCUT2D eigenvalue weighted by atomic mass is 9.86. The second-order valence-corrected chi connectivity index (χ2v) is 4.61. The molecule has 3 heteroatoms. The molecule has 78 valence electrons. The summed E-state index contributed by atoms with van der Waals surface area (Å²) in [5, 5.41) is 4.17. The molecule has 0 N–H and O–H groups in total. The second kappa shape index (κ2) is 3.50. The maximum atomic E-state index is 4.17. The lowest BCUT2D eigenvalue weighted by Gasteiger charge is -2.22. The second-order valence-electron chi connectivity index (χ2n) is 4.61. The van der Waals surface area contributed by atoms with E-state index >= 15 is 0 Å². The summed E-state index contributed by atoms with van der Waals surface area (Å²) in [6, 6.07) is 8.28. The molecule has 0 atom stereocenters. The zero-order chi connectivity index (χ0) is 10.9. The van der Waals surface area contributed by atoms with E-state index in [1.54, 1.807) is 17.3 Å². The Morgan fingerprint density at radius 3 is 2.47 bits per heavy atom. The van der Waals surface area contributed by atoms with Crippen LogP contribution in [0.3, 0.4) is 0 Å². The molecule has 0 unspecified atom stereocenters. The van der Waals surface area contributed by atoms with Crippen molar-refractivity contribution >= 4 is 0 Å². The Bertz CT molecular complexity index is 438. The first-order valence-corrected chi connectivity index (χ1v) is 5.03. The van der Waals surface area contributed by atoms with Gasteiger partial charge in [0.05, 0.1) is 5.69 Å². The highest BCUT2D eigenvalue weighted by Crippen LogP contribution is 2.27. The molecule has 0 saturated carbocycles. The van der Waals surface area contributed by atoms with E-state index < -0.39 is 0 Å². The van der Waals surface area contributed by atoms with Crippen LogP contribution in [0.4, 0.5) is 0 Å². The Morgan fingerprint density at radius 1 is 1.13 bits per heavy atom. The number of nitrogens with zero attached hydrogens (tertiary/aromatic N) is 3. The summed E-state index contributed by atoms with van der Waals surface area (Å²) < 4.78 is 1.81. The minimum Gasteiger partial charge on any atom is -0.223 e. The van der Waals surface area contributed by atoms with Gasteiger partial charge in [-0.1, -0.05) is 39.0 Å². The fraction of sp³-hybridized carbons (Fsp3) is 0.333. The number of hydrogen-bond donors (Lipinski definition) is 0. The molecular formula is C12H15N3. The van der Waals surface area contributed by atoms with Crippen LogP contribution in [0.1, 0.15) is 26.3 Å². The van der Waals surface area contributed by atoms with Crippen LogP contribution in [0, 0.1) is 0 Å². The average Bonchev–Trinajstić information content (AvgIpc) is 2.69. The monoisotopic (exact) mass is 201 g/mol. The highest BCUT2D eigenvalue weighted by molar-refractivity contribution is 5.43. The first-order chi connectivity index (χ1) is 7.09. The number of benzene rings is 1. The topological polar surface area (TPSA) is 30.7 Å². The van der Waals surface area contributed by atoms with Gasteiger partial charge in [-0.05, 0) is 17.0 Å². The maximum Gasteiger partial charge on any atom is 0.138 e. The zero-order valence-electron chi connectivity index (χ0n) is 9.31. The van der Waals surface area contributed by atoms with Gasteiger partial charge in [0.1, 0.15) is 12.7 Å². The zero-order valence-corrected chi connectivity index (χ0v) is 9.31. The van der Waals surface area contributed by atoms with Crippen LogP contribution in [0.5, 0.6) is 0 Å². The van der Waals surface area contributed by atoms with Crippen molar-refractivity contribution in [2.75, 3.05) is 0 Å². The molecule has 0 aliphatic carbocycles. The molecule has 0 aliphatic rings. The van der Waals surface area contributed by atoms with Crippen LogP contribution in [0.25, 0.3) is 5.69 Å². The molecule has 3 nitrogen and oxygen atoms in total. The lowest BCUT2D eigenvalue weighted by molar-refractivity contribution is 0.583. The first kappa shape index (κ1) is 9.90. The summed E-state index contributed by atoms with van der Waals surface area (Å²) in [6.45, 7) is 6.59. The normalized spacial score (nSPS) is 11.7. The van der Waals surface area contributed by atoms with E-state index in [9.17, 15) is 0 Å². The predicted octanol–water partition coefficient (Wildman–Crippen LogP) is 2.56. The van der Waals surface area contributed by atoms with E-state index in [-0.39, 0.29) is 5.41 Å². The summed E-state index contributed by atoms with van der Waals surface area (Å²) in [6.07, 6.45) is 3.28. The van der Waals surface area contributed by atoms with Crippen LogP contribution < -0.4 is 0 Å². The summed E-state index contributed by atoms with van der Waals surface area (Å²) in [4.78, 5) is 3.97. The molecule has 0 amide bonds. The van der Waals surface area contributed by atoms with Gasteiger partial charge in [-0.3, -0.25) is 0 Å². The van der Waals surface area contributed by atoms with Crippen LogP contribution in [-0.4, -0.2) is 14.8 Å². The minimum absolute atomic E-state index is 0.114. The van der Waals surface area contributed by atoms with Crippen molar-refractivity contribution in [1.29, 1.82) is 0 Å². The molecule has 0 aliphatic heterocycles. The number of rotatable bonds is 1. The van der Waals surface area contributed by atoms with Crippen LogP contribution in [0.15, 0.2) is 36.9 Å². The molecule has 0 spiro atoms. The first-order valence-electron chi connectivity index (χ1n) is 5.03. The van der Waals surface area contributed by atoms with Gasteiger partial charge in [0.15, 0.2) is 0 Å². The molecule has 2 aromatic rings. The van der Waals surface area contributed by atoms with Crippen LogP contribution in [0.2, 0.25) is 0 Å². The van der Waals surface area contributed by atoms with Crippen molar-refractivity contribution in [3.63, 3.8) is 0 Å².